The van der Waals surface area contributed by atoms with E-state index in [9.17, 15) is 4.79 Å². The second-order valence-electron chi connectivity index (χ2n) is 4.39. The number of Topliss-reactive ketones (excluding diaryl/α,β-unsaturated/α-hetero) is 1. The summed E-state index contributed by atoms with van der Waals surface area (Å²) in [5, 5.41) is 0. The third kappa shape index (κ3) is 2.94. The first-order valence-electron chi connectivity index (χ1n) is 5.78. The molecule has 0 aromatic heterocycles. The van der Waals surface area contributed by atoms with Gasteiger partial charge in [-0.15, -0.1) is 0 Å². The van der Waals surface area contributed by atoms with E-state index in [2.05, 4.69) is 0 Å². The van der Waals surface area contributed by atoms with Crippen molar-refractivity contribution in [2.45, 2.75) is 18.9 Å². The van der Waals surface area contributed by atoms with Crippen molar-refractivity contribution < 1.29 is 9.53 Å². The van der Waals surface area contributed by atoms with Gasteiger partial charge >= 0.3 is 0 Å². The molecule has 0 radical (unpaired) electrons. The molecule has 2 unspecified atom stereocenters. The van der Waals surface area contributed by atoms with E-state index in [0.29, 0.717) is 6.42 Å². The molecule has 2 N–H and O–H groups in total. The van der Waals surface area contributed by atoms with Gasteiger partial charge in [0.05, 0.1) is 7.11 Å². The first kappa shape index (κ1) is 11.9. The normalized spacial score (nSPS) is 22.7. The first-order valence-corrected chi connectivity index (χ1v) is 5.78. The van der Waals surface area contributed by atoms with Crippen LogP contribution in [0.1, 0.15) is 12.0 Å². The number of ketones is 1. The molecule has 0 bridgehead atoms. The van der Waals surface area contributed by atoms with Crippen molar-refractivity contribution in [1.82, 2.24) is 0 Å². The molecule has 0 fully saturated rings. The van der Waals surface area contributed by atoms with Gasteiger partial charge < -0.3 is 10.5 Å². The maximum atomic E-state index is 12.0. The number of ether oxygens (including phenoxy) is 1. The number of nitrogens with two attached hydrogens (primary N) is 1. The van der Waals surface area contributed by atoms with Crippen LogP contribution in [0.4, 0.5) is 0 Å². The van der Waals surface area contributed by atoms with Gasteiger partial charge in [0.1, 0.15) is 11.5 Å². The first-order chi connectivity index (χ1) is 8.19. The van der Waals surface area contributed by atoms with Crippen LogP contribution in [-0.2, 0) is 11.2 Å². The van der Waals surface area contributed by atoms with Gasteiger partial charge in [-0.2, -0.15) is 0 Å². The molecular formula is C14H17NO2. The summed E-state index contributed by atoms with van der Waals surface area (Å²) in [7, 11) is 1.62. The van der Waals surface area contributed by atoms with E-state index in [1.165, 1.54) is 0 Å². The minimum absolute atomic E-state index is 0.0174. The highest BCUT2D eigenvalue weighted by atomic mass is 16.5. The van der Waals surface area contributed by atoms with Crippen LogP contribution in [0.15, 0.2) is 36.4 Å². The molecule has 0 spiro atoms. The van der Waals surface area contributed by atoms with Gasteiger partial charge in [0.25, 0.3) is 0 Å². The third-order valence-electron chi connectivity index (χ3n) is 3.04. The lowest BCUT2D eigenvalue weighted by atomic mass is 9.97. The van der Waals surface area contributed by atoms with E-state index in [4.69, 9.17) is 10.5 Å². The summed E-state index contributed by atoms with van der Waals surface area (Å²) in [6.07, 6.45) is 5.02. The van der Waals surface area contributed by atoms with Crippen molar-refractivity contribution in [3.05, 3.63) is 42.0 Å². The van der Waals surface area contributed by atoms with Gasteiger partial charge in [0.2, 0.25) is 0 Å². The smallest absolute Gasteiger partial charge is 0.144 e. The molecule has 1 aromatic rings. The predicted octanol–water partition coefficient (Wildman–Crippen LogP) is 1.71. The van der Waals surface area contributed by atoms with Crippen LogP contribution in [0.5, 0.6) is 5.75 Å². The van der Waals surface area contributed by atoms with E-state index in [1.807, 2.05) is 36.4 Å². The summed E-state index contributed by atoms with van der Waals surface area (Å²) < 4.78 is 5.13. The maximum absolute atomic E-state index is 12.0. The second-order valence-corrected chi connectivity index (χ2v) is 4.39. The highest BCUT2D eigenvalue weighted by molar-refractivity contribution is 5.85. The molecule has 0 amide bonds. The Balaban J connectivity index is 2.00. The zero-order valence-electron chi connectivity index (χ0n) is 9.93. The van der Waals surface area contributed by atoms with E-state index in [-0.39, 0.29) is 17.7 Å². The Morgan fingerprint density at radius 3 is 2.94 bits per heavy atom. The summed E-state index contributed by atoms with van der Waals surface area (Å²) in [6, 6.07) is 7.65. The van der Waals surface area contributed by atoms with Crippen molar-refractivity contribution in [3.8, 4) is 5.75 Å². The number of rotatable bonds is 4. The SMILES string of the molecule is COc1cccc(CC(=O)C2C=CC(N)C2)c1. The van der Waals surface area contributed by atoms with Crippen molar-refractivity contribution in [3.63, 3.8) is 0 Å². The molecule has 3 heteroatoms. The number of allylic oxidation sites excluding steroid dienone is 1. The van der Waals surface area contributed by atoms with E-state index >= 15 is 0 Å². The van der Waals surface area contributed by atoms with Gasteiger partial charge in [-0.3, -0.25) is 4.79 Å². The van der Waals surface area contributed by atoms with Crippen molar-refractivity contribution >= 4 is 5.78 Å². The Bertz CT molecular complexity index is 440. The molecular weight excluding hydrogens is 214 g/mol. The molecule has 2 rings (SSSR count). The number of benzene rings is 1. The fraction of sp³-hybridized carbons (Fsp3) is 0.357. The summed E-state index contributed by atoms with van der Waals surface area (Å²) in [5.74, 6) is 0.993. The highest BCUT2D eigenvalue weighted by Gasteiger charge is 2.22. The quantitative estimate of drug-likeness (QED) is 0.803. The molecule has 0 aliphatic heterocycles. The molecule has 0 saturated heterocycles. The van der Waals surface area contributed by atoms with Crippen LogP contribution in [0.3, 0.4) is 0 Å². The monoisotopic (exact) mass is 231 g/mol. The highest BCUT2D eigenvalue weighted by Crippen LogP contribution is 2.20. The van der Waals surface area contributed by atoms with Gasteiger partial charge in [-0.25, -0.2) is 0 Å². The molecule has 1 aliphatic rings. The van der Waals surface area contributed by atoms with Gasteiger partial charge in [0.15, 0.2) is 0 Å². The summed E-state index contributed by atoms with van der Waals surface area (Å²) >= 11 is 0. The Morgan fingerprint density at radius 1 is 1.47 bits per heavy atom. The number of methoxy groups -OCH3 is 1. The molecule has 1 aliphatic carbocycles. The molecule has 0 saturated carbocycles. The van der Waals surface area contributed by atoms with E-state index in [0.717, 1.165) is 17.7 Å². The summed E-state index contributed by atoms with van der Waals surface area (Å²) in [4.78, 5) is 12.0. The second kappa shape index (κ2) is 5.15. The Hall–Kier alpha value is -1.61. The Morgan fingerprint density at radius 2 is 2.29 bits per heavy atom. The summed E-state index contributed by atoms with van der Waals surface area (Å²) in [5.41, 5.74) is 6.73. The molecule has 0 heterocycles. The molecule has 1 aromatic carbocycles. The molecule has 17 heavy (non-hydrogen) atoms. The Labute approximate surface area is 101 Å². The number of hydrogen-bond acceptors (Lipinski definition) is 3. The number of hydrogen-bond donors (Lipinski definition) is 1. The lowest BCUT2D eigenvalue weighted by Crippen LogP contribution is -2.20. The largest absolute Gasteiger partial charge is 0.497 e. The van der Waals surface area contributed by atoms with Crippen LogP contribution in [0, 0.1) is 5.92 Å². The van der Waals surface area contributed by atoms with Crippen LogP contribution in [0.2, 0.25) is 0 Å². The average Bonchev–Trinajstić information content (AvgIpc) is 2.76. The number of carbonyl (C=O) groups is 1. The van der Waals surface area contributed by atoms with Crippen molar-refractivity contribution in [1.29, 1.82) is 0 Å². The topological polar surface area (TPSA) is 52.3 Å². The fourth-order valence-corrected chi connectivity index (χ4v) is 2.08. The fourth-order valence-electron chi connectivity index (χ4n) is 2.08. The van der Waals surface area contributed by atoms with Crippen molar-refractivity contribution in [2.75, 3.05) is 7.11 Å². The lowest BCUT2D eigenvalue weighted by Gasteiger charge is -2.09. The van der Waals surface area contributed by atoms with E-state index < -0.39 is 0 Å². The third-order valence-corrected chi connectivity index (χ3v) is 3.04. The molecule has 2 atom stereocenters. The van der Waals surface area contributed by atoms with Crippen LogP contribution >= 0.6 is 0 Å². The Kier molecular flexibility index (Phi) is 3.59. The maximum Gasteiger partial charge on any atom is 0.144 e. The zero-order chi connectivity index (χ0) is 12.3. The molecule has 3 nitrogen and oxygen atoms in total. The van der Waals surface area contributed by atoms with Crippen LogP contribution < -0.4 is 10.5 Å². The van der Waals surface area contributed by atoms with Crippen LogP contribution in [-0.4, -0.2) is 18.9 Å². The van der Waals surface area contributed by atoms with Gasteiger partial charge in [0, 0.05) is 18.4 Å². The van der Waals surface area contributed by atoms with E-state index in [1.54, 1.807) is 7.11 Å². The minimum Gasteiger partial charge on any atom is -0.497 e. The lowest BCUT2D eigenvalue weighted by molar-refractivity contribution is -0.120. The van der Waals surface area contributed by atoms with Gasteiger partial charge in [-0.1, -0.05) is 24.3 Å². The van der Waals surface area contributed by atoms with Crippen LogP contribution in [0.25, 0.3) is 0 Å². The minimum atomic E-state index is -0.0174. The van der Waals surface area contributed by atoms with Crippen molar-refractivity contribution in [2.24, 2.45) is 11.7 Å². The number of carbonyl (C=O) groups excluding carboxylic acids is 1. The predicted molar refractivity (Wildman–Crippen MR) is 66.9 cm³/mol. The standard InChI is InChI=1S/C14H17NO2/c1-17-13-4-2-3-10(7-13)8-14(16)11-5-6-12(15)9-11/h2-7,11-12H,8-9,15H2,1H3. The van der Waals surface area contributed by atoms with Gasteiger partial charge in [-0.05, 0) is 24.1 Å². The summed E-state index contributed by atoms with van der Waals surface area (Å²) in [6.45, 7) is 0. The zero-order valence-corrected chi connectivity index (χ0v) is 9.93. The molecule has 90 valence electrons. The average molecular weight is 231 g/mol.